The van der Waals surface area contributed by atoms with Crippen LogP contribution in [0.2, 0.25) is 5.02 Å². The maximum atomic E-state index is 13.0. The number of nitro benzene ring substituents is 1. The van der Waals surface area contributed by atoms with E-state index in [4.69, 9.17) is 11.6 Å². The third-order valence-electron chi connectivity index (χ3n) is 2.48. The number of amides is 1. The van der Waals surface area contributed by atoms with Crippen molar-refractivity contribution in [1.82, 2.24) is 0 Å². The van der Waals surface area contributed by atoms with Crippen LogP contribution in [0.15, 0.2) is 42.5 Å². The second-order valence-corrected chi connectivity index (χ2v) is 4.32. The van der Waals surface area contributed by atoms with Gasteiger partial charge < -0.3 is 5.32 Å². The summed E-state index contributed by atoms with van der Waals surface area (Å²) in [7, 11) is 0. The molecule has 2 aromatic rings. The first-order chi connectivity index (χ1) is 9.47. The van der Waals surface area contributed by atoms with Crippen molar-refractivity contribution in [2.75, 3.05) is 5.32 Å². The normalized spacial score (nSPS) is 10.1. The van der Waals surface area contributed by atoms with Gasteiger partial charge in [0.2, 0.25) is 0 Å². The summed E-state index contributed by atoms with van der Waals surface area (Å²) in [6.07, 6.45) is 0. The molecule has 0 heterocycles. The first-order valence-electron chi connectivity index (χ1n) is 5.48. The van der Waals surface area contributed by atoms with E-state index in [9.17, 15) is 19.3 Å². The van der Waals surface area contributed by atoms with E-state index < -0.39 is 22.3 Å². The van der Waals surface area contributed by atoms with E-state index in [-0.39, 0.29) is 16.3 Å². The predicted molar refractivity (Wildman–Crippen MR) is 72.5 cm³/mol. The lowest BCUT2D eigenvalue weighted by Gasteiger charge is -2.06. The van der Waals surface area contributed by atoms with E-state index >= 15 is 0 Å². The van der Waals surface area contributed by atoms with Crippen LogP contribution in [0.5, 0.6) is 0 Å². The Morgan fingerprint density at radius 2 is 2.00 bits per heavy atom. The summed E-state index contributed by atoms with van der Waals surface area (Å²) in [5.41, 5.74) is -0.352. The number of nitro groups is 1. The number of carbonyl (C=O) groups excluding carboxylic acids is 1. The van der Waals surface area contributed by atoms with Crippen molar-refractivity contribution < 1.29 is 14.1 Å². The number of carbonyl (C=O) groups is 1. The van der Waals surface area contributed by atoms with Gasteiger partial charge in [0.15, 0.2) is 0 Å². The summed E-state index contributed by atoms with van der Waals surface area (Å²) in [5, 5.41) is 13.4. The number of nitrogens with one attached hydrogen (secondary N) is 1. The van der Waals surface area contributed by atoms with E-state index in [2.05, 4.69) is 5.32 Å². The number of benzene rings is 2. The summed E-state index contributed by atoms with van der Waals surface area (Å²) in [5.74, 6) is -1.23. The number of nitrogens with zero attached hydrogens (tertiary/aromatic N) is 1. The van der Waals surface area contributed by atoms with Crippen LogP contribution in [0.3, 0.4) is 0 Å². The van der Waals surface area contributed by atoms with Crippen molar-refractivity contribution in [3.05, 3.63) is 69.0 Å². The maximum absolute atomic E-state index is 13.0. The van der Waals surface area contributed by atoms with Gasteiger partial charge in [0, 0.05) is 16.8 Å². The Hall–Kier alpha value is -2.47. The molecule has 0 fully saturated rings. The number of rotatable bonds is 3. The van der Waals surface area contributed by atoms with Gasteiger partial charge in [-0.15, -0.1) is 0 Å². The molecule has 20 heavy (non-hydrogen) atoms. The van der Waals surface area contributed by atoms with Gasteiger partial charge in [0.1, 0.15) is 11.4 Å². The molecule has 0 aromatic heterocycles. The van der Waals surface area contributed by atoms with Gasteiger partial charge >= 0.3 is 0 Å². The number of hydrogen-bond donors (Lipinski definition) is 1. The zero-order chi connectivity index (χ0) is 14.7. The molecule has 0 saturated heterocycles. The molecule has 0 bridgehead atoms. The van der Waals surface area contributed by atoms with Gasteiger partial charge in [0.25, 0.3) is 11.6 Å². The van der Waals surface area contributed by atoms with Gasteiger partial charge in [-0.1, -0.05) is 17.7 Å². The minimum Gasteiger partial charge on any atom is -0.322 e. The first-order valence-corrected chi connectivity index (χ1v) is 5.86. The Morgan fingerprint density at radius 1 is 1.25 bits per heavy atom. The summed E-state index contributed by atoms with van der Waals surface area (Å²) in [6, 6.07) is 8.93. The third kappa shape index (κ3) is 3.10. The first kappa shape index (κ1) is 14.0. The van der Waals surface area contributed by atoms with E-state index in [0.29, 0.717) is 0 Å². The predicted octanol–water partition coefficient (Wildman–Crippen LogP) is 3.64. The highest BCUT2D eigenvalue weighted by molar-refractivity contribution is 6.31. The van der Waals surface area contributed by atoms with Crippen LogP contribution in [0, 0.1) is 15.9 Å². The quantitative estimate of drug-likeness (QED) is 0.694. The Labute approximate surface area is 118 Å². The molecule has 0 aliphatic rings. The minimum atomic E-state index is -0.709. The number of halogens is 2. The molecule has 102 valence electrons. The molecule has 0 aliphatic carbocycles. The van der Waals surface area contributed by atoms with E-state index in [1.165, 1.54) is 30.3 Å². The molecule has 0 radical (unpaired) electrons. The molecular formula is C13H8ClFN2O3. The fourth-order valence-corrected chi connectivity index (χ4v) is 1.78. The van der Waals surface area contributed by atoms with Crippen LogP contribution in [-0.4, -0.2) is 10.8 Å². The van der Waals surface area contributed by atoms with Crippen LogP contribution >= 0.6 is 11.6 Å². The molecule has 7 heteroatoms. The Bertz CT molecular complexity index is 691. The van der Waals surface area contributed by atoms with Crippen molar-refractivity contribution in [3.63, 3.8) is 0 Å². The topological polar surface area (TPSA) is 72.2 Å². The largest absolute Gasteiger partial charge is 0.322 e. The minimum absolute atomic E-state index is 0.149. The van der Waals surface area contributed by atoms with E-state index in [1.807, 2.05) is 0 Å². The van der Waals surface area contributed by atoms with Gasteiger partial charge in [0.05, 0.1) is 4.92 Å². The van der Waals surface area contributed by atoms with Crippen molar-refractivity contribution in [1.29, 1.82) is 0 Å². The lowest BCUT2D eigenvalue weighted by atomic mass is 10.1. The molecule has 0 aliphatic heterocycles. The maximum Gasteiger partial charge on any atom is 0.283 e. The molecule has 2 rings (SSSR count). The van der Waals surface area contributed by atoms with E-state index in [0.717, 1.165) is 12.1 Å². The lowest BCUT2D eigenvalue weighted by Crippen LogP contribution is -2.14. The van der Waals surface area contributed by atoms with Gasteiger partial charge in [-0.2, -0.15) is 0 Å². The van der Waals surface area contributed by atoms with Crippen molar-refractivity contribution in [2.24, 2.45) is 0 Å². The SMILES string of the molecule is O=C(Nc1cccc(F)c1)c1ccc(Cl)cc1[N+](=O)[O-]. The Morgan fingerprint density at radius 3 is 2.65 bits per heavy atom. The average Bonchev–Trinajstić information content (AvgIpc) is 2.38. The summed E-state index contributed by atoms with van der Waals surface area (Å²) < 4.78 is 13.0. The second kappa shape index (κ2) is 5.66. The molecule has 0 saturated carbocycles. The van der Waals surface area contributed by atoms with Crippen LogP contribution in [0.25, 0.3) is 0 Å². The molecule has 0 unspecified atom stereocenters. The smallest absolute Gasteiger partial charge is 0.283 e. The molecule has 0 spiro atoms. The average molecular weight is 295 g/mol. The standard InChI is InChI=1S/C13H8ClFN2O3/c14-8-4-5-11(12(6-8)17(19)20)13(18)16-10-3-1-2-9(15)7-10/h1-7H,(H,16,18). The van der Waals surface area contributed by atoms with Gasteiger partial charge in [-0.25, -0.2) is 4.39 Å². The second-order valence-electron chi connectivity index (χ2n) is 3.88. The Balaban J connectivity index is 2.32. The molecule has 1 N–H and O–H groups in total. The summed E-state index contributed by atoms with van der Waals surface area (Å²) >= 11 is 5.66. The molecule has 2 aromatic carbocycles. The fraction of sp³-hybridized carbons (Fsp3) is 0. The van der Waals surface area contributed by atoms with Crippen LogP contribution in [0.1, 0.15) is 10.4 Å². The van der Waals surface area contributed by atoms with Crippen molar-refractivity contribution in [2.45, 2.75) is 0 Å². The summed E-state index contributed by atoms with van der Waals surface area (Å²) in [6.45, 7) is 0. The van der Waals surface area contributed by atoms with Crippen LogP contribution in [-0.2, 0) is 0 Å². The highest BCUT2D eigenvalue weighted by atomic mass is 35.5. The van der Waals surface area contributed by atoms with Gasteiger partial charge in [-0.05, 0) is 30.3 Å². The zero-order valence-corrected chi connectivity index (χ0v) is 10.7. The summed E-state index contributed by atoms with van der Waals surface area (Å²) in [4.78, 5) is 22.2. The molecule has 0 atom stereocenters. The monoisotopic (exact) mass is 294 g/mol. The molecule has 5 nitrogen and oxygen atoms in total. The van der Waals surface area contributed by atoms with Crippen molar-refractivity contribution >= 4 is 28.9 Å². The Kier molecular flexibility index (Phi) is 3.95. The third-order valence-corrected chi connectivity index (χ3v) is 2.72. The van der Waals surface area contributed by atoms with Gasteiger partial charge in [-0.3, -0.25) is 14.9 Å². The lowest BCUT2D eigenvalue weighted by molar-refractivity contribution is -0.385. The molecular weight excluding hydrogens is 287 g/mol. The van der Waals surface area contributed by atoms with Crippen LogP contribution in [0.4, 0.5) is 15.8 Å². The van der Waals surface area contributed by atoms with Crippen molar-refractivity contribution in [3.8, 4) is 0 Å². The number of anilines is 1. The van der Waals surface area contributed by atoms with Crippen LogP contribution < -0.4 is 5.32 Å². The van der Waals surface area contributed by atoms with E-state index in [1.54, 1.807) is 0 Å². The fourth-order valence-electron chi connectivity index (χ4n) is 1.61. The zero-order valence-electron chi connectivity index (χ0n) is 9.97. The molecule has 1 amide bonds. The number of hydrogen-bond acceptors (Lipinski definition) is 3. The highest BCUT2D eigenvalue weighted by Crippen LogP contribution is 2.24. The highest BCUT2D eigenvalue weighted by Gasteiger charge is 2.20.